The molecule has 2 aromatic heterocycles. The number of ether oxygens (including phenoxy) is 1. The number of halogens is 1. The highest BCUT2D eigenvalue weighted by molar-refractivity contribution is 5.92. The van der Waals surface area contributed by atoms with E-state index >= 15 is 0 Å². The van der Waals surface area contributed by atoms with Crippen LogP contribution in [-0.2, 0) is 0 Å². The molecule has 7 nitrogen and oxygen atoms in total. The van der Waals surface area contributed by atoms with Crippen molar-refractivity contribution in [3.8, 4) is 11.6 Å². The molecule has 0 spiro atoms. The van der Waals surface area contributed by atoms with Gasteiger partial charge >= 0.3 is 0 Å². The monoisotopic (exact) mass is 286 g/mol. The third kappa shape index (κ3) is 2.46. The van der Waals surface area contributed by atoms with Crippen molar-refractivity contribution in [1.82, 2.24) is 15.0 Å². The predicted octanol–water partition coefficient (Wildman–Crippen LogP) is 2.86. The van der Waals surface area contributed by atoms with E-state index in [-0.39, 0.29) is 17.1 Å². The van der Waals surface area contributed by atoms with Gasteiger partial charge in [0, 0.05) is 12.3 Å². The summed E-state index contributed by atoms with van der Waals surface area (Å²) in [5, 5.41) is 11.4. The van der Waals surface area contributed by atoms with E-state index in [1.54, 1.807) is 12.1 Å². The molecule has 0 atom stereocenters. The number of nitro benzene ring substituents is 1. The van der Waals surface area contributed by atoms with Crippen LogP contribution >= 0.6 is 0 Å². The zero-order chi connectivity index (χ0) is 14.8. The molecule has 0 bridgehead atoms. The predicted molar refractivity (Wildman–Crippen MR) is 70.5 cm³/mol. The van der Waals surface area contributed by atoms with E-state index in [4.69, 9.17) is 4.74 Å². The van der Waals surface area contributed by atoms with E-state index in [0.717, 1.165) is 12.4 Å². The van der Waals surface area contributed by atoms with E-state index in [2.05, 4.69) is 15.0 Å². The quantitative estimate of drug-likeness (QED) is 0.417. The van der Waals surface area contributed by atoms with Gasteiger partial charge in [-0.2, -0.15) is 4.39 Å². The van der Waals surface area contributed by atoms with E-state index in [1.807, 2.05) is 0 Å². The number of benzene rings is 1. The summed E-state index contributed by atoms with van der Waals surface area (Å²) in [4.78, 5) is 21.5. The first-order valence-electron chi connectivity index (χ1n) is 5.82. The first-order valence-corrected chi connectivity index (χ1v) is 5.82. The van der Waals surface area contributed by atoms with Gasteiger partial charge in [-0.25, -0.2) is 15.0 Å². The van der Waals surface area contributed by atoms with Crippen LogP contribution in [0.1, 0.15) is 0 Å². The Morgan fingerprint density at radius 2 is 2.05 bits per heavy atom. The first-order chi connectivity index (χ1) is 10.1. The van der Waals surface area contributed by atoms with Crippen molar-refractivity contribution >= 4 is 16.6 Å². The van der Waals surface area contributed by atoms with Crippen molar-refractivity contribution < 1.29 is 14.1 Å². The molecule has 0 N–H and O–H groups in total. The fraction of sp³-hybridized carbons (Fsp3) is 0. The molecule has 0 amide bonds. The summed E-state index contributed by atoms with van der Waals surface area (Å²) in [6.45, 7) is 0. The third-order valence-corrected chi connectivity index (χ3v) is 2.73. The largest absolute Gasteiger partial charge is 0.438 e. The summed E-state index contributed by atoms with van der Waals surface area (Å²) in [5.74, 6) is -0.437. The Labute approximate surface area is 117 Å². The highest BCUT2D eigenvalue weighted by Crippen LogP contribution is 2.33. The van der Waals surface area contributed by atoms with E-state index in [0.29, 0.717) is 11.1 Å². The first kappa shape index (κ1) is 12.9. The normalized spacial score (nSPS) is 10.5. The Morgan fingerprint density at radius 3 is 2.81 bits per heavy atom. The molecule has 2 heterocycles. The molecule has 104 valence electrons. The van der Waals surface area contributed by atoms with Crippen LogP contribution in [0.15, 0.2) is 42.9 Å². The van der Waals surface area contributed by atoms with Gasteiger partial charge in [0.05, 0.1) is 16.4 Å². The van der Waals surface area contributed by atoms with Crippen molar-refractivity contribution in [2.75, 3.05) is 0 Å². The number of fused-ring (bicyclic) bond motifs is 1. The SMILES string of the molecule is O=[N+]([O-])c1ccc(Oc2cc(F)ncn2)c2cccnc12. The molecular weight excluding hydrogens is 279 g/mol. The van der Waals surface area contributed by atoms with Gasteiger partial charge in [-0.1, -0.05) is 0 Å². The molecule has 0 aliphatic carbocycles. The van der Waals surface area contributed by atoms with E-state index in [1.165, 1.54) is 18.3 Å². The van der Waals surface area contributed by atoms with Gasteiger partial charge in [0.2, 0.25) is 11.8 Å². The van der Waals surface area contributed by atoms with Crippen molar-refractivity contribution in [2.24, 2.45) is 0 Å². The maximum absolute atomic E-state index is 13.0. The minimum atomic E-state index is -0.732. The molecular formula is C13H7FN4O3. The molecule has 8 heteroatoms. The average Bonchev–Trinajstić information content (AvgIpc) is 2.47. The summed E-state index contributed by atoms with van der Waals surface area (Å²) in [6.07, 6.45) is 2.47. The molecule has 0 fully saturated rings. The number of hydrogen-bond donors (Lipinski definition) is 0. The summed E-state index contributed by atoms with van der Waals surface area (Å²) >= 11 is 0. The number of pyridine rings is 1. The summed E-state index contributed by atoms with van der Waals surface area (Å²) < 4.78 is 18.5. The van der Waals surface area contributed by atoms with Gasteiger partial charge in [-0.15, -0.1) is 0 Å². The Kier molecular flexibility index (Phi) is 3.11. The molecule has 3 rings (SSSR count). The van der Waals surface area contributed by atoms with Crippen LogP contribution in [-0.4, -0.2) is 19.9 Å². The summed E-state index contributed by atoms with van der Waals surface area (Å²) in [7, 11) is 0. The zero-order valence-electron chi connectivity index (χ0n) is 10.4. The lowest BCUT2D eigenvalue weighted by Gasteiger charge is -2.07. The fourth-order valence-corrected chi connectivity index (χ4v) is 1.85. The van der Waals surface area contributed by atoms with E-state index < -0.39 is 10.9 Å². The van der Waals surface area contributed by atoms with Crippen molar-refractivity contribution in [1.29, 1.82) is 0 Å². The fourth-order valence-electron chi connectivity index (χ4n) is 1.85. The minimum absolute atomic E-state index is 0.00139. The number of hydrogen-bond acceptors (Lipinski definition) is 6. The van der Waals surface area contributed by atoms with Crippen LogP contribution in [0.4, 0.5) is 10.1 Å². The zero-order valence-corrected chi connectivity index (χ0v) is 10.4. The second-order valence-electron chi connectivity index (χ2n) is 4.02. The van der Waals surface area contributed by atoms with Crippen LogP contribution in [0.3, 0.4) is 0 Å². The standard InChI is InChI=1S/C13H7FN4O3/c14-11-6-12(17-7-16-11)21-10-4-3-9(18(19)20)13-8(10)2-1-5-15-13/h1-7H. The van der Waals surface area contributed by atoms with Gasteiger partial charge in [0.25, 0.3) is 5.69 Å². The molecule has 21 heavy (non-hydrogen) atoms. The number of non-ortho nitro benzene ring substituents is 1. The number of nitro groups is 1. The Morgan fingerprint density at radius 1 is 1.19 bits per heavy atom. The third-order valence-electron chi connectivity index (χ3n) is 2.73. The van der Waals surface area contributed by atoms with Crippen LogP contribution in [0.5, 0.6) is 11.6 Å². The molecule has 3 aromatic rings. The van der Waals surface area contributed by atoms with Crippen LogP contribution in [0.2, 0.25) is 0 Å². The van der Waals surface area contributed by atoms with Gasteiger partial charge in [-0.05, 0) is 18.2 Å². The lowest BCUT2D eigenvalue weighted by molar-refractivity contribution is -0.383. The molecule has 0 saturated heterocycles. The van der Waals surface area contributed by atoms with E-state index in [9.17, 15) is 14.5 Å². The second-order valence-corrected chi connectivity index (χ2v) is 4.02. The van der Waals surface area contributed by atoms with Crippen molar-refractivity contribution in [2.45, 2.75) is 0 Å². The lowest BCUT2D eigenvalue weighted by Crippen LogP contribution is -1.95. The Hall–Kier alpha value is -3.16. The summed E-state index contributed by atoms with van der Waals surface area (Å²) in [5.41, 5.74) is 0.0568. The molecule has 1 aromatic carbocycles. The van der Waals surface area contributed by atoms with Crippen molar-refractivity contribution in [3.05, 3.63) is 58.9 Å². The molecule has 0 aliphatic heterocycles. The average molecular weight is 286 g/mol. The highest BCUT2D eigenvalue weighted by Gasteiger charge is 2.16. The maximum Gasteiger partial charge on any atom is 0.295 e. The van der Waals surface area contributed by atoms with Crippen LogP contribution in [0, 0.1) is 16.1 Å². The van der Waals surface area contributed by atoms with Crippen LogP contribution < -0.4 is 4.74 Å². The van der Waals surface area contributed by atoms with Crippen LogP contribution in [0.25, 0.3) is 10.9 Å². The topological polar surface area (TPSA) is 91.0 Å². The maximum atomic E-state index is 13.0. The number of aromatic nitrogens is 3. The molecule has 0 aliphatic rings. The van der Waals surface area contributed by atoms with Gasteiger partial charge < -0.3 is 4.74 Å². The van der Waals surface area contributed by atoms with Crippen molar-refractivity contribution in [3.63, 3.8) is 0 Å². The molecule has 0 saturated carbocycles. The summed E-state index contributed by atoms with van der Waals surface area (Å²) in [6, 6.07) is 6.97. The van der Waals surface area contributed by atoms with Gasteiger partial charge in [0.1, 0.15) is 12.1 Å². The molecule has 0 unspecified atom stereocenters. The number of rotatable bonds is 3. The van der Waals surface area contributed by atoms with Gasteiger partial charge in [0.15, 0.2) is 5.52 Å². The second kappa shape index (κ2) is 5.08. The number of nitrogens with zero attached hydrogens (tertiary/aromatic N) is 4. The molecule has 0 radical (unpaired) electrons. The highest BCUT2D eigenvalue weighted by atomic mass is 19.1. The smallest absolute Gasteiger partial charge is 0.295 e. The lowest BCUT2D eigenvalue weighted by atomic mass is 10.1. The Balaban J connectivity index is 2.12. The Bertz CT molecular complexity index is 841. The minimum Gasteiger partial charge on any atom is -0.438 e. The van der Waals surface area contributed by atoms with Gasteiger partial charge in [-0.3, -0.25) is 10.1 Å².